The van der Waals surface area contributed by atoms with E-state index in [1.807, 2.05) is 20.8 Å². The first-order chi connectivity index (χ1) is 12.4. The number of hydrogen-bond acceptors (Lipinski definition) is 5. The molecular formula is C17H32N6O4. The Kier molecular flexibility index (Phi) is 7.86. The van der Waals surface area contributed by atoms with Gasteiger partial charge in [0.15, 0.2) is 5.96 Å². The fourth-order valence-electron chi connectivity index (χ4n) is 2.21. The number of nitrogens with one attached hydrogen (secondary N) is 4. The molecule has 0 bridgehead atoms. The van der Waals surface area contributed by atoms with Gasteiger partial charge in [-0.05, 0) is 41.5 Å². The van der Waals surface area contributed by atoms with Crippen LogP contribution in [0.25, 0.3) is 0 Å². The lowest BCUT2D eigenvalue weighted by atomic mass is 10.1. The third-order valence-corrected chi connectivity index (χ3v) is 3.38. The lowest BCUT2D eigenvalue weighted by Crippen LogP contribution is -2.49. The van der Waals surface area contributed by atoms with E-state index in [4.69, 9.17) is 4.74 Å². The molecule has 154 valence electrons. The van der Waals surface area contributed by atoms with Crippen molar-refractivity contribution in [2.24, 2.45) is 4.99 Å². The first-order valence-corrected chi connectivity index (χ1v) is 9.05. The van der Waals surface area contributed by atoms with Gasteiger partial charge in [-0.3, -0.25) is 14.7 Å². The first kappa shape index (κ1) is 22.5. The molecule has 0 atom stereocenters. The van der Waals surface area contributed by atoms with E-state index >= 15 is 0 Å². The van der Waals surface area contributed by atoms with Gasteiger partial charge in [-0.15, -0.1) is 0 Å². The van der Waals surface area contributed by atoms with Crippen molar-refractivity contribution in [3.8, 4) is 0 Å². The number of rotatable bonds is 7. The number of ether oxygens (including phenoxy) is 1. The summed E-state index contributed by atoms with van der Waals surface area (Å²) in [6, 6.07) is -0.383. The molecule has 10 heteroatoms. The fourth-order valence-corrected chi connectivity index (χ4v) is 2.21. The van der Waals surface area contributed by atoms with Gasteiger partial charge in [-0.1, -0.05) is 0 Å². The lowest BCUT2D eigenvalue weighted by Gasteiger charge is -2.27. The van der Waals surface area contributed by atoms with Gasteiger partial charge in [-0.2, -0.15) is 0 Å². The molecule has 0 aliphatic carbocycles. The van der Waals surface area contributed by atoms with Crippen molar-refractivity contribution in [2.75, 3.05) is 32.7 Å². The Bertz CT molecular complexity index is 566. The standard InChI is InChI=1S/C17H32N6O4/c1-7-18-13(19-8-9-23-12(24)10-20-14(23)25)21-11-17(5,6)22-15(26)27-16(2,3)4/h7-11H2,1-6H3,(H,20,25)(H,22,26)(H2,18,19,21). The van der Waals surface area contributed by atoms with Crippen molar-refractivity contribution in [2.45, 2.75) is 52.7 Å². The van der Waals surface area contributed by atoms with Crippen LogP contribution in [0.15, 0.2) is 4.99 Å². The zero-order valence-electron chi connectivity index (χ0n) is 17.1. The minimum atomic E-state index is -0.616. The molecular weight excluding hydrogens is 352 g/mol. The molecule has 0 saturated carbocycles. The summed E-state index contributed by atoms with van der Waals surface area (Å²) < 4.78 is 5.26. The van der Waals surface area contributed by atoms with Crippen LogP contribution in [0.1, 0.15) is 41.5 Å². The number of carbonyl (C=O) groups excluding carboxylic acids is 3. The van der Waals surface area contributed by atoms with Crippen LogP contribution in [0.5, 0.6) is 0 Å². The molecule has 0 aromatic heterocycles. The summed E-state index contributed by atoms with van der Waals surface area (Å²) in [4.78, 5) is 40.6. The number of guanidine groups is 1. The zero-order chi connectivity index (χ0) is 20.7. The number of alkyl carbamates (subject to hydrolysis) is 1. The second-order valence-corrected chi connectivity index (χ2v) is 7.84. The zero-order valence-corrected chi connectivity index (χ0v) is 17.1. The molecule has 0 radical (unpaired) electrons. The Labute approximate surface area is 160 Å². The van der Waals surface area contributed by atoms with Gasteiger partial charge in [0, 0.05) is 19.6 Å². The number of hydrogen-bond donors (Lipinski definition) is 4. The quantitative estimate of drug-likeness (QED) is 0.286. The molecule has 4 amide bonds. The second-order valence-electron chi connectivity index (χ2n) is 7.84. The van der Waals surface area contributed by atoms with Gasteiger partial charge >= 0.3 is 12.1 Å². The SMILES string of the molecule is CCNC(=NCC(C)(C)NC(=O)OC(C)(C)C)NCCN1C(=O)CNC1=O. The number of aliphatic imine (C=N–C) groups is 1. The van der Waals surface area contributed by atoms with E-state index in [1.54, 1.807) is 20.8 Å². The molecule has 27 heavy (non-hydrogen) atoms. The molecule has 1 rings (SSSR count). The molecule has 0 unspecified atom stereocenters. The van der Waals surface area contributed by atoms with Crippen molar-refractivity contribution in [3.05, 3.63) is 0 Å². The van der Waals surface area contributed by atoms with Crippen LogP contribution in [0, 0.1) is 0 Å². The number of imide groups is 1. The van der Waals surface area contributed by atoms with Crippen LogP contribution in [0.3, 0.4) is 0 Å². The molecule has 0 aromatic rings. The first-order valence-electron chi connectivity index (χ1n) is 9.05. The smallest absolute Gasteiger partial charge is 0.408 e. The van der Waals surface area contributed by atoms with Gasteiger partial charge in [-0.25, -0.2) is 9.59 Å². The van der Waals surface area contributed by atoms with E-state index in [2.05, 4.69) is 26.3 Å². The summed E-state index contributed by atoms with van der Waals surface area (Å²) in [5.74, 6) is 0.287. The maximum atomic E-state index is 11.9. The number of urea groups is 1. The summed E-state index contributed by atoms with van der Waals surface area (Å²) >= 11 is 0. The summed E-state index contributed by atoms with van der Waals surface area (Å²) in [6.45, 7) is 12.6. The highest BCUT2D eigenvalue weighted by molar-refractivity contribution is 6.01. The van der Waals surface area contributed by atoms with Crippen molar-refractivity contribution < 1.29 is 19.1 Å². The highest BCUT2D eigenvalue weighted by atomic mass is 16.6. The number of nitrogens with zero attached hydrogens (tertiary/aromatic N) is 2. The van der Waals surface area contributed by atoms with E-state index in [9.17, 15) is 14.4 Å². The molecule has 1 aliphatic rings. The fraction of sp³-hybridized carbons (Fsp3) is 0.765. The maximum Gasteiger partial charge on any atom is 0.408 e. The second kappa shape index (κ2) is 9.43. The van der Waals surface area contributed by atoms with Crippen LogP contribution in [0.4, 0.5) is 9.59 Å². The molecule has 4 N–H and O–H groups in total. The molecule has 1 aliphatic heterocycles. The summed E-state index contributed by atoms with van der Waals surface area (Å²) in [5, 5.41) is 11.4. The Morgan fingerprint density at radius 1 is 1.22 bits per heavy atom. The molecule has 0 spiro atoms. The van der Waals surface area contributed by atoms with Crippen LogP contribution in [-0.2, 0) is 9.53 Å². The topological polar surface area (TPSA) is 124 Å². The maximum absolute atomic E-state index is 11.9. The molecule has 10 nitrogen and oxygen atoms in total. The van der Waals surface area contributed by atoms with Gasteiger partial charge in [0.05, 0.1) is 18.6 Å². The van der Waals surface area contributed by atoms with Crippen molar-refractivity contribution in [3.63, 3.8) is 0 Å². The van der Waals surface area contributed by atoms with Crippen LogP contribution >= 0.6 is 0 Å². The predicted molar refractivity (Wildman–Crippen MR) is 103 cm³/mol. The van der Waals surface area contributed by atoms with Gasteiger partial charge in [0.2, 0.25) is 5.91 Å². The van der Waals surface area contributed by atoms with Gasteiger partial charge in [0.1, 0.15) is 5.60 Å². The lowest BCUT2D eigenvalue weighted by molar-refractivity contribution is -0.124. The summed E-state index contributed by atoms with van der Waals surface area (Å²) in [6.07, 6.45) is -0.501. The third-order valence-electron chi connectivity index (χ3n) is 3.38. The van der Waals surface area contributed by atoms with E-state index in [0.29, 0.717) is 25.6 Å². The number of carbonyl (C=O) groups is 3. The highest BCUT2D eigenvalue weighted by Gasteiger charge is 2.28. The van der Waals surface area contributed by atoms with Gasteiger partial charge < -0.3 is 26.0 Å². The minimum Gasteiger partial charge on any atom is -0.444 e. The Morgan fingerprint density at radius 2 is 1.89 bits per heavy atom. The van der Waals surface area contributed by atoms with Crippen LogP contribution in [-0.4, -0.2) is 72.8 Å². The van der Waals surface area contributed by atoms with E-state index in [-0.39, 0.29) is 25.0 Å². The molecule has 1 saturated heterocycles. The third kappa shape index (κ3) is 8.61. The Morgan fingerprint density at radius 3 is 2.41 bits per heavy atom. The summed E-state index contributed by atoms with van der Waals surface area (Å²) in [7, 11) is 0. The van der Waals surface area contributed by atoms with Crippen molar-refractivity contribution >= 4 is 24.0 Å². The highest BCUT2D eigenvalue weighted by Crippen LogP contribution is 2.09. The normalized spacial score (nSPS) is 15.5. The summed E-state index contributed by atoms with van der Waals surface area (Å²) in [5.41, 5.74) is -1.19. The Balaban J connectivity index is 2.54. The monoisotopic (exact) mass is 384 g/mol. The van der Waals surface area contributed by atoms with E-state index < -0.39 is 17.2 Å². The average molecular weight is 384 g/mol. The van der Waals surface area contributed by atoms with Crippen molar-refractivity contribution in [1.29, 1.82) is 0 Å². The van der Waals surface area contributed by atoms with Gasteiger partial charge in [0.25, 0.3) is 0 Å². The van der Waals surface area contributed by atoms with E-state index in [1.165, 1.54) is 0 Å². The molecule has 1 fully saturated rings. The molecule has 0 aromatic carbocycles. The number of amides is 4. The largest absolute Gasteiger partial charge is 0.444 e. The van der Waals surface area contributed by atoms with Crippen molar-refractivity contribution in [1.82, 2.24) is 26.2 Å². The Hall–Kier alpha value is -2.52. The van der Waals surface area contributed by atoms with Crippen LogP contribution in [0.2, 0.25) is 0 Å². The predicted octanol–water partition coefficient (Wildman–Crippen LogP) is 0.397. The van der Waals surface area contributed by atoms with Crippen LogP contribution < -0.4 is 21.3 Å². The van der Waals surface area contributed by atoms with E-state index in [0.717, 1.165) is 4.90 Å². The minimum absolute atomic E-state index is 0.0392. The molecule has 1 heterocycles. The average Bonchev–Trinajstić information content (AvgIpc) is 2.82.